The lowest BCUT2D eigenvalue weighted by molar-refractivity contribution is 0.0977. The summed E-state index contributed by atoms with van der Waals surface area (Å²) in [6, 6.07) is 14.7. The van der Waals surface area contributed by atoms with Crippen LogP contribution in [0, 0.1) is 0 Å². The quantitative estimate of drug-likeness (QED) is 0.481. The van der Waals surface area contributed by atoms with Gasteiger partial charge in [0.15, 0.2) is 0 Å². The molecule has 2 amide bonds. The SMILES string of the molecule is CCc1cccc(NC(=O)Nc2ccc3[nH]cc(C4CCN5CCCCC5C4)c3c2)c1. The number of urea groups is 1. The molecule has 1 aromatic heterocycles. The molecule has 2 aliphatic heterocycles. The highest BCUT2D eigenvalue weighted by atomic mass is 16.2. The van der Waals surface area contributed by atoms with Gasteiger partial charge < -0.3 is 20.5 Å². The maximum Gasteiger partial charge on any atom is 0.323 e. The van der Waals surface area contributed by atoms with Crippen molar-refractivity contribution in [2.75, 3.05) is 23.7 Å². The minimum atomic E-state index is -0.208. The van der Waals surface area contributed by atoms with Gasteiger partial charge in [-0.2, -0.15) is 0 Å². The second kappa shape index (κ2) is 8.75. The van der Waals surface area contributed by atoms with Gasteiger partial charge >= 0.3 is 6.03 Å². The highest BCUT2D eigenvalue weighted by molar-refractivity contribution is 6.01. The molecule has 5 heteroatoms. The van der Waals surface area contributed by atoms with Crippen molar-refractivity contribution in [1.29, 1.82) is 0 Å². The van der Waals surface area contributed by atoms with Crippen LogP contribution < -0.4 is 10.6 Å². The Labute approximate surface area is 184 Å². The molecule has 0 radical (unpaired) electrons. The number of piperidine rings is 2. The van der Waals surface area contributed by atoms with Gasteiger partial charge in [-0.1, -0.05) is 25.5 Å². The number of nitrogens with zero attached hydrogens (tertiary/aromatic N) is 1. The van der Waals surface area contributed by atoms with Crippen LogP contribution in [0.5, 0.6) is 0 Å². The topological polar surface area (TPSA) is 60.2 Å². The molecule has 162 valence electrons. The van der Waals surface area contributed by atoms with E-state index in [9.17, 15) is 4.79 Å². The second-order valence-corrected chi connectivity index (χ2v) is 9.04. The molecule has 5 nitrogen and oxygen atoms in total. The van der Waals surface area contributed by atoms with Crippen LogP contribution in [0.15, 0.2) is 48.7 Å². The average Bonchev–Trinajstić information content (AvgIpc) is 3.22. The number of benzene rings is 2. The number of H-pyrrole nitrogens is 1. The first-order valence-electron chi connectivity index (χ1n) is 11.7. The van der Waals surface area contributed by atoms with Gasteiger partial charge in [0, 0.05) is 34.5 Å². The predicted molar refractivity (Wildman–Crippen MR) is 128 cm³/mol. The molecule has 3 N–H and O–H groups in total. The van der Waals surface area contributed by atoms with E-state index in [2.05, 4.69) is 51.8 Å². The van der Waals surface area contributed by atoms with E-state index in [1.54, 1.807) is 0 Å². The summed E-state index contributed by atoms with van der Waals surface area (Å²) < 4.78 is 0. The molecule has 0 aliphatic carbocycles. The standard InChI is InChI=1S/C26H32N4O/c1-2-18-6-5-7-20(14-18)28-26(31)29-21-9-10-25-23(16-21)24(17-27-25)19-11-13-30-12-4-3-8-22(30)15-19/h5-7,9-10,14,16-17,19,22,27H,2-4,8,11-13,15H2,1H3,(H2,28,29,31). The lowest BCUT2D eigenvalue weighted by atomic mass is 9.82. The van der Waals surface area contributed by atoms with E-state index in [0.717, 1.165) is 29.4 Å². The maximum absolute atomic E-state index is 12.6. The van der Waals surface area contributed by atoms with Crippen LogP contribution in [0.4, 0.5) is 16.2 Å². The number of nitrogens with one attached hydrogen (secondary N) is 3. The van der Waals surface area contributed by atoms with E-state index in [4.69, 9.17) is 0 Å². The van der Waals surface area contributed by atoms with Crippen LogP contribution >= 0.6 is 0 Å². The van der Waals surface area contributed by atoms with Crippen molar-refractivity contribution in [1.82, 2.24) is 9.88 Å². The number of carbonyl (C=O) groups excluding carboxylic acids is 1. The molecule has 2 unspecified atom stereocenters. The summed E-state index contributed by atoms with van der Waals surface area (Å²) in [5, 5.41) is 7.20. The highest BCUT2D eigenvalue weighted by Gasteiger charge is 2.31. The fraction of sp³-hybridized carbons (Fsp3) is 0.423. The summed E-state index contributed by atoms with van der Waals surface area (Å²) in [5.74, 6) is 0.592. The fourth-order valence-electron chi connectivity index (χ4n) is 5.39. The van der Waals surface area contributed by atoms with Crippen molar-refractivity contribution in [3.63, 3.8) is 0 Å². The van der Waals surface area contributed by atoms with Crippen molar-refractivity contribution in [2.45, 2.75) is 57.4 Å². The summed E-state index contributed by atoms with van der Waals surface area (Å²) >= 11 is 0. The zero-order valence-electron chi connectivity index (χ0n) is 18.3. The third kappa shape index (κ3) is 4.33. The normalized spacial score (nSPS) is 21.6. The summed E-state index contributed by atoms with van der Waals surface area (Å²) in [6.07, 6.45) is 9.66. The molecule has 2 aromatic carbocycles. The zero-order valence-corrected chi connectivity index (χ0v) is 18.3. The lowest BCUT2D eigenvalue weighted by Crippen LogP contribution is -2.44. The highest BCUT2D eigenvalue weighted by Crippen LogP contribution is 2.38. The molecule has 0 saturated carbocycles. The van der Waals surface area contributed by atoms with Gasteiger partial charge in [0.25, 0.3) is 0 Å². The lowest BCUT2D eigenvalue weighted by Gasteiger charge is -2.42. The number of aromatic amines is 1. The molecule has 0 bridgehead atoms. The van der Waals surface area contributed by atoms with Gasteiger partial charge in [-0.05, 0) is 92.6 Å². The van der Waals surface area contributed by atoms with E-state index < -0.39 is 0 Å². The largest absolute Gasteiger partial charge is 0.361 e. The molecular formula is C26H32N4O. The zero-order chi connectivity index (χ0) is 21.2. The number of anilines is 2. The van der Waals surface area contributed by atoms with Crippen LogP contribution in [-0.4, -0.2) is 35.0 Å². The molecule has 2 fully saturated rings. The van der Waals surface area contributed by atoms with Gasteiger partial charge in [0.05, 0.1) is 0 Å². The fourth-order valence-corrected chi connectivity index (χ4v) is 5.39. The Hall–Kier alpha value is -2.79. The van der Waals surface area contributed by atoms with Crippen LogP contribution in [0.2, 0.25) is 0 Å². The third-order valence-electron chi connectivity index (χ3n) is 7.07. The summed E-state index contributed by atoms with van der Waals surface area (Å²) in [5.41, 5.74) is 5.40. The second-order valence-electron chi connectivity index (χ2n) is 9.04. The minimum Gasteiger partial charge on any atom is -0.361 e. The Balaban J connectivity index is 1.31. The number of amides is 2. The Kier molecular flexibility index (Phi) is 5.68. The van der Waals surface area contributed by atoms with E-state index in [1.807, 2.05) is 24.3 Å². The first kappa shape index (κ1) is 20.1. The Morgan fingerprint density at radius 3 is 2.81 bits per heavy atom. The van der Waals surface area contributed by atoms with Gasteiger partial charge in [-0.3, -0.25) is 0 Å². The van der Waals surface area contributed by atoms with Gasteiger partial charge in [-0.25, -0.2) is 4.79 Å². The molecule has 0 spiro atoms. The van der Waals surface area contributed by atoms with Crippen molar-refractivity contribution in [2.24, 2.45) is 0 Å². The van der Waals surface area contributed by atoms with Crippen LogP contribution in [0.25, 0.3) is 10.9 Å². The molecular weight excluding hydrogens is 384 g/mol. The number of carbonyl (C=O) groups is 1. The van der Waals surface area contributed by atoms with Crippen LogP contribution in [0.3, 0.4) is 0 Å². The number of aryl methyl sites for hydroxylation is 1. The predicted octanol–water partition coefficient (Wildman–Crippen LogP) is 6.11. The van der Waals surface area contributed by atoms with E-state index >= 15 is 0 Å². The Morgan fingerprint density at radius 1 is 1.06 bits per heavy atom. The molecule has 3 aromatic rings. The van der Waals surface area contributed by atoms with Crippen LogP contribution in [-0.2, 0) is 6.42 Å². The number of rotatable bonds is 4. The minimum absolute atomic E-state index is 0.208. The monoisotopic (exact) mass is 416 g/mol. The number of hydrogen-bond donors (Lipinski definition) is 3. The Morgan fingerprint density at radius 2 is 1.94 bits per heavy atom. The number of hydrogen-bond acceptors (Lipinski definition) is 2. The molecule has 5 rings (SSSR count). The summed E-state index contributed by atoms with van der Waals surface area (Å²) in [4.78, 5) is 18.7. The molecule has 2 atom stereocenters. The first-order chi connectivity index (χ1) is 15.2. The van der Waals surface area contributed by atoms with Crippen molar-refractivity contribution in [3.8, 4) is 0 Å². The van der Waals surface area contributed by atoms with Crippen LogP contribution in [0.1, 0.15) is 56.1 Å². The van der Waals surface area contributed by atoms with E-state index in [-0.39, 0.29) is 6.03 Å². The molecule has 3 heterocycles. The third-order valence-corrected chi connectivity index (χ3v) is 7.07. The van der Waals surface area contributed by atoms with Gasteiger partial charge in [0.2, 0.25) is 0 Å². The smallest absolute Gasteiger partial charge is 0.323 e. The summed E-state index contributed by atoms with van der Waals surface area (Å²) in [7, 11) is 0. The van der Waals surface area contributed by atoms with Crippen molar-refractivity contribution >= 4 is 28.3 Å². The Bertz CT molecular complexity index is 1070. The first-order valence-corrected chi connectivity index (χ1v) is 11.7. The van der Waals surface area contributed by atoms with E-state index in [0.29, 0.717) is 5.92 Å². The van der Waals surface area contributed by atoms with Gasteiger partial charge in [0.1, 0.15) is 0 Å². The van der Waals surface area contributed by atoms with Crippen molar-refractivity contribution < 1.29 is 4.79 Å². The molecule has 2 aliphatic rings. The average molecular weight is 417 g/mol. The number of fused-ring (bicyclic) bond motifs is 2. The summed E-state index contributed by atoms with van der Waals surface area (Å²) in [6.45, 7) is 4.59. The molecule has 2 saturated heterocycles. The van der Waals surface area contributed by atoms with E-state index in [1.165, 1.54) is 61.7 Å². The van der Waals surface area contributed by atoms with Gasteiger partial charge in [-0.15, -0.1) is 0 Å². The molecule has 31 heavy (non-hydrogen) atoms. The number of aromatic nitrogens is 1. The maximum atomic E-state index is 12.6. The van der Waals surface area contributed by atoms with Crippen molar-refractivity contribution in [3.05, 3.63) is 59.8 Å².